The highest BCUT2D eigenvalue weighted by Gasteiger charge is 2.26. The van der Waals surface area contributed by atoms with Crippen LogP contribution in [0.4, 0.5) is 0 Å². The van der Waals surface area contributed by atoms with Crippen molar-refractivity contribution in [2.24, 2.45) is 4.99 Å². The number of nitrogens with one attached hydrogen (secondary N) is 2. The number of carbonyl (C=O) groups excluding carboxylic acids is 1. The standard InChI is InChI=1S/C22H36N4O2S/c1-4-23-22(25-19-13-10-14-20(15-19)29(28)6-3)24-16-21(27)26(5-2)17-18-11-8-7-9-12-18/h7-9,11-12,19-20H,4-6,10,13-17H2,1-3H3,(H2,23,24,25). The number of carbonyl (C=O) groups is 1. The zero-order valence-electron chi connectivity index (χ0n) is 18.0. The molecule has 0 saturated heterocycles. The van der Waals surface area contributed by atoms with Crippen LogP contribution in [0.5, 0.6) is 0 Å². The molecule has 0 spiro atoms. The van der Waals surface area contributed by atoms with Gasteiger partial charge in [0, 0.05) is 47.5 Å². The minimum absolute atomic E-state index is 0.0159. The zero-order valence-corrected chi connectivity index (χ0v) is 18.8. The van der Waals surface area contributed by atoms with Crippen LogP contribution in [-0.4, -0.2) is 57.7 Å². The van der Waals surface area contributed by atoms with Gasteiger partial charge in [-0.25, -0.2) is 4.99 Å². The average molecular weight is 421 g/mol. The molecule has 1 aliphatic carbocycles. The number of aliphatic imine (C=N–C) groups is 1. The summed E-state index contributed by atoms with van der Waals surface area (Å²) < 4.78 is 12.2. The predicted octanol–water partition coefficient (Wildman–Crippen LogP) is 2.67. The van der Waals surface area contributed by atoms with Crippen LogP contribution < -0.4 is 10.6 Å². The minimum Gasteiger partial charge on any atom is -0.357 e. The molecule has 0 aromatic heterocycles. The van der Waals surface area contributed by atoms with Crippen LogP contribution in [-0.2, 0) is 22.1 Å². The predicted molar refractivity (Wildman–Crippen MR) is 121 cm³/mol. The van der Waals surface area contributed by atoms with Gasteiger partial charge in [0.2, 0.25) is 5.91 Å². The molecule has 1 aromatic carbocycles. The monoisotopic (exact) mass is 420 g/mol. The molecule has 2 rings (SSSR count). The summed E-state index contributed by atoms with van der Waals surface area (Å²) in [5.74, 6) is 1.40. The normalized spacial score (nSPS) is 20.7. The van der Waals surface area contributed by atoms with Crippen molar-refractivity contribution in [2.45, 2.75) is 64.3 Å². The van der Waals surface area contributed by atoms with Crippen molar-refractivity contribution in [1.82, 2.24) is 15.5 Å². The molecule has 0 heterocycles. The molecule has 162 valence electrons. The molecule has 3 unspecified atom stereocenters. The molecule has 1 aromatic rings. The van der Waals surface area contributed by atoms with Gasteiger partial charge < -0.3 is 15.5 Å². The first kappa shape index (κ1) is 23.4. The summed E-state index contributed by atoms with van der Waals surface area (Å²) in [5.41, 5.74) is 1.12. The molecule has 6 nitrogen and oxygen atoms in total. The lowest BCUT2D eigenvalue weighted by molar-refractivity contribution is -0.130. The number of benzene rings is 1. The van der Waals surface area contributed by atoms with E-state index in [-0.39, 0.29) is 23.7 Å². The topological polar surface area (TPSA) is 73.8 Å². The van der Waals surface area contributed by atoms with E-state index >= 15 is 0 Å². The van der Waals surface area contributed by atoms with Crippen molar-refractivity contribution in [3.05, 3.63) is 35.9 Å². The first-order chi connectivity index (χ1) is 14.1. The zero-order chi connectivity index (χ0) is 21.1. The van der Waals surface area contributed by atoms with Gasteiger partial charge >= 0.3 is 0 Å². The van der Waals surface area contributed by atoms with E-state index in [0.29, 0.717) is 24.8 Å². The van der Waals surface area contributed by atoms with Gasteiger partial charge in [0.1, 0.15) is 6.54 Å². The summed E-state index contributed by atoms with van der Waals surface area (Å²) in [6.45, 7) is 8.10. The highest BCUT2D eigenvalue weighted by molar-refractivity contribution is 7.85. The van der Waals surface area contributed by atoms with Gasteiger partial charge in [-0.05, 0) is 38.7 Å². The Hall–Kier alpha value is -1.89. The molecule has 2 N–H and O–H groups in total. The van der Waals surface area contributed by atoms with E-state index in [0.717, 1.165) is 37.8 Å². The minimum atomic E-state index is -0.752. The number of rotatable bonds is 9. The van der Waals surface area contributed by atoms with Gasteiger partial charge in [-0.1, -0.05) is 43.7 Å². The van der Waals surface area contributed by atoms with Crippen molar-refractivity contribution in [3.63, 3.8) is 0 Å². The molecule has 1 amide bonds. The number of hydrogen-bond acceptors (Lipinski definition) is 3. The Morgan fingerprint density at radius 3 is 2.62 bits per heavy atom. The first-order valence-electron chi connectivity index (χ1n) is 10.8. The maximum absolute atomic E-state index is 12.7. The van der Waals surface area contributed by atoms with Crippen molar-refractivity contribution in [1.29, 1.82) is 0 Å². The Morgan fingerprint density at radius 1 is 1.21 bits per heavy atom. The number of likely N-dealkylation sites (N-methyl/N-ethyl adjacent to an activating group) is 1. The quantitative estimate of drug-likeness (QED) is 0.476. The van der Waals surface area contributed by atoms with Gasteiger partial charge in [-0.2, -0.15) is 0 Å². The van der Waals surface area contributed by atoms with Crippen molar-refractivity contribution < 1.29 is 9.00 Å². The van der Waals surface area contributed by atoms with Crippen LogP contribution in [0.2, 0.25) is 0 Å². The summed E-state index contributed by atoms with van der Waals surface area (Å²) in [6.07, 6.45) is 4.06. The summed E-state index contributed by atoms with van der Waals surface area (Å²) >= 11 is 0. The van der Waals surface area contributed by atoms with Crippen LogP contribution in [0.15, 0.2) is 35.3 Å². The third-order valence-electron chi connectivity index (χ3n) is 5.29. The molecule has 29 heavy (non-hydrogen) atoms. The second kappa shape index (κ2) is 12.6. The lowest BCUT2D eigenvalue weighted by Crippen LogP contribution is -2.47. The van der Waals surface area contributed by atoms with Crippen LogP contribution in [0.1, 0.15) is 52.0 Å². The van der Waals surface area contributed by atoms with E-state index in [9.17, 15) is 9.00 Å². The smallest absolute Gasteiger partial charge is 0.244 e. The van der Waals surface area contributed by atoms with Gasteiger partial charge in [0.05, 0.1) is 0 Å². The molecule has 0 aliphatic heterocycles. The van der Waals surface area contributed by atoms with Crippen LogP contribution >= 0.6 is 0 Å². The lowest BCUT2D eigenvalue weighted by Gasteiger charge is -2.30. The summed E-state index contributed by atoms with van der Waals surface area (Å²) in [5, 5.41) is 6.97. The second-order valence-electron chi connectivity index (χ2n) is 7.39. The third-order valence-corrected chi connectivity index (χ3v) is 7.03. The van der Waals surface area contributed by atoms with E-state index < -0.39 is 10.8 Å². The highest BCUT2D eigenvalue weighted by atomic mass is 32.2. The fourth-order valence-electron chi connectivity index (χ4n) is 3.69. The molecule has 1 fully saturated rings. The number of nitrogens with zero attached hydrogens (tertiary/aromatic N) is 2. The fourth-order valence-corrected chi connectivity index (χ4v) is 5.04. The Labute approximate surface area is 178 Å². The Kier molecular flexibility index (Phi) is 10.2. The van der Waals surface area contributed by atoms with Gasteiger partial charge in [0.15, 0.2) is 5.96 Å². The molecule has 1 aliphatic rings. The summed E-state index contributed by atoms with van der Waals surface area (Å²) in [6, 6.07) is 10.3. The molecule has 1 saturated carbocycles. The number of hydrogen-bond donors (Lipinski definition) is 2. The molecule has 7 heteroatoms. The van der Waals surface area contributed by atoms with E-state index in [1.165, 1.54) is 0 Å². The SMILES string of the molecule is CCNC(=NCC(=O)N(CC)Cc1ccccc1)NC1CCCC(S(=O)CC)C1. The Balaban J connectivity index is 1.94. The summed E-state index contributed by atoms with van der Waals surface area (Å²) in [4.78, 5) is 19.0. The average Bonchev–Trinajstić information content (AvgIpc) is 2.76. The van der Waals surface area contributed by atoms with Crippen LogP contribution in [0.25, 0.3) is 0 Å². The van der Waals surface area contributed by atoms with Crippen molar-refractivity contribution in [3.8, 4) is 0 Å². The third kappa shape index (κ3) is 7.80. The largest absolute Gasteiger partial charge is 0.357 e. The van der Waals surface area contributed by atoms with Gasteiger partial charge in [-0.15, -0.1) is 0 Å². The number of guanidine groups is 1. The fraction of sp³-hybridized carbons (Fsp3) is 0.636. The Bertz CT molecular complexity index is 681. The first-order valence-corrected chi connectivity index (χ1v) is 12.2. The molecular formula is C22H36N4O2S. The molecule has 3 atom stereocenters. The van der Waals surface area contributed by atoms with Gasteiger partial charge in [0.25, 0.3) is 0 Å². The van der Waals surface area contributed by atoms with E-state index in [1.54, 1.807) is 0 Å². The summed E-state index contributed by atoms with van der Waals surface area (Å²) in [7, 11) is -0.752. The van der Waals surface area contributed by atoms with Crippen molar-refractivity contribution in [2.75, 3.05) is 25.4 Å². The maximum atomic E-state index is 12.7. The molecule has 0 bridgehead atoms. The lowest BCUT2D eigenvalue weighted by atomic mass is 9.95. The Morgan fingerprint density at radius 2 is 1.97 bits per heavy atom. The highest BCUT2D eigenvalue weighted by Crippen LogP contribution is 2.23. The molecular weight excluding hydrogens is 384 g/mol. The van der Waals surface area contributed by atoms with E-state index in [2.05, 4.69) is 15.6 Å². The van der Waals surface area contributed by atoms with E-state index in [4.69, 9.17) is 0 Å². The van der Waals surface area contributed by atoms with Gasteiger partial charge in [-0.3, -0.25) is 9.00 Å². The number of amides is 1. The molecule has 0 radical (unpaired) electrons. The van der Waals surface area contributed by atoms with Crippen LogP contribution in [0.3, 0.4) is 0 Å². The van der Waals surface area contributed by atoms with Crippen LogP contribution in [0, 0.1) is 0 Å². The van der Waals surface area contributed by atoms with Crippen molar-refractivity contribution >= 4 is 22.7 Å². The second-order valence-corrected chi connectivity index (χ2v) is 9.39. The van der Waals surface area contributed by atoms with E-state index in [1.807, 2.05) is 56.0 Å². The maximum Gasteiger partial charge on any atom is 0.244 e.